The number of benzene rings is 1. The molecule has 1 heteroatoms. The molecule has 0 spiro atoms. The van der Waals surface area contributed by atoms with E-state index in [2.05, 4.69) is 41.0 Å². The van der Waals surface area contributed by atoms with Crippen LogP contribution in [-0.4, -0.2) is 13.1 Å². The van der Waals surface area contributed by atoms with Crippen LogP contribution >= 0.6 is 0 Å². The smallest absolute Gasteiger partial charge is 0.0366 e. The van der Waals surface area contributed by atoms with Gasteiger partial charge in [-0.3, -0.25) is 0 Å². The zero-order valence-electron chi connectivity index (χ0n) is 10.2. The number of hydrogen-bond acceptors (Lipinski definition) is 1. The van der Waals surface area contributed by atoms with Gasteiger partial charge < -0.3 is 4.90 Å². The zero-order valence-corrected chi connectivity index (χ0v) is 10.2. The van der Waals surface area contributed by atoms with Crippen LogP contribution in [0.1, 0.15) is 25.7 Å². The van der Waals surface area contributed by atoms with E-state index in [4.69, 9.17) is 12.8 Å². The van der Waals surface area contributed by atoms with Crippen molar-refractivity contribution in [3.05, 3.63) is 30.3 Å². The van der Waals surface area contributed by atoms with Crippen molar-refractivity contribution in [3.63, 3.8) is 0 Å². The summed E-state index contributed by atoms with van der Waals surface area (Å²) in [5.41, 5.74) is 1.25. The van der Waals surface area contributed by atoms with Crippen LogP contribution in [0.4, 0.5) is 5.69 Å². The summed E-state index contributed by atoms with van der Waals surface area (Å²) >= 11 is 0. The lowest BCUT2D eigenvalue weighted by Gasteiger charge is -2.24. The van der Waals surface area contributed by atoms with Gasteiger partial charge in [-0.2, -0.15) is 0 Å². The van der Waals surface area contributed by atoms with E-state index in [1.807, 2.05) is 6.07 Å². The topological polar surface area (TPSA) is 3.24 Å². The van der Waals surface area contributed by atoms with Gasteiger partial charge in [-0.1, -0.05) is 18.2 Å². The molecule has 17 heavy (non-hydrogen) atoms. The lowest BCUT2D eigenvalue weighted by Crippen LogP contribution is -2.25. The Morgan fingerprint density at radius 2 is 1.41 bits per heavy atom. The molecule has 0 bridgehead atoms. The maximum Gasteiger partial charge on any atom is 0.0366 e. The highest BCUT2D eigenvalue weighted by Gasteiger charge is 2.04. The second-order valence-electron chi connectivity index (χ2n) is 3.94. The second kappa shape index (κ2) is 8.31. The molecule has 0 N–H and O–H groups in total. The summed E-state index contributed by atoms with van der Waals surface area (Å²) in [5, 5.41) is 0. The normalized spacial score (nSPS) is 9.29. The molecule has 0 saturated carbocycles. The van der Waals surface area contributed by atoms with Gasteiger partial charge in [0, 0.05) is 31.6 Å². The van der Waals surface area contributed by atoms with Crippen LogP contribution in [0.2, 0.25) is 0 Å². The molecule has 0 aromatic heterocycles. The highest BCUT2D eigenvalue weighted by Crippen LogP contribution is 2.14. The third-order valence-corrected chi connectivity index (χ3v) is 2.62. The number of para-hydroxylation sites is 1. The van der Waals surface area contributed by atoms with Gasteiger partial charge in [0.05, 0.1) is 0 Å². The average molecular weight is 225 g/mol. The molecule has 1 aromatic rings. The molecule has 0 aliphatic carbocycles. The van der Waals surface area contributed by atoms with Crippen LogP contribution in [0.15, 0.2) is 30.3 Å². The Labute approximate surface area is 105 Å². The van der Waals surface area contributed by atoms with Gasteiger partial charge in [-0.25, -0.2) is 0 Å². The minimum Gasteiger partial charge on any atom is -0.371 e. The van der Waals surface area contributed by atoms with Crippen molar-refractivity contribution >= 4 is 5.69 Å². The Balaban J connectivity index is 2.53. The first-order valence-electron chi connectivity index (χ1n) is 6.05. The van der Waals surface area contributed by atoms with E-state index >= 15 is 0 Å². The number of anilines is 1. The number of rotatable bonds is 7. The molecule has 0 amide bonds. The molecule has 1 nitrogen and oxygen atoms in total. The number of unbranched alkanes of at least 4 members (excludes halogenated alkanes) is 2. The van der Waals surface area contributed by atoms with Crippen molar-refractivity contribution in [2.75, 3.05) is 18.0 Å². The predicted octanol–water partition coefficient (Wildman–Crippen LogP) is 3.32. The summed E-state index contributed by atoms with van der Waals surface area (Å²) in [6, 6.07) is 10.4. The van der Waals surface area contributed by atoms with Crippen LogP contribution < -0.4 is 4.90 Å². The lowest BCUT2D eigenvalue weighted by atomic mass is 10.2. The maximum atomic E-state index is 5.28. The molecule has 0 atom stereocenters. The van der Waals surface area contributed by atoms with Crippen LogP contribution in [0.25, 0.3) is 0 Å². The maximum absolute atomic E-state index is 5.28. The Morgan fingerprint density at radius 3 is 1.88 bits per heavy atom. The summed E-state index contributed by atoms with van der Waals surface area (Å²) in [7, 11) is 0. The van der Waals surface area contributed by atoms with E-state index in [0.717, 1.165) is 38.8 Å². The largest absolute Gasteiger partial charge is 0.371 e. The quantitative estimate of drug-likeness (QED) is 0.508. The van der Waals surface area contributed by atoms with Crippen LogP contribution in [0.3, 0.4) is 0 Å². The molecule has 1 aromatic carbocycles. The third-order valence-electron chi connectivity index (χ3n) is 2.62. The summed E-state index contributed by atoms with van der Waals surface area (Å²) in [6.45, 7) is 2.00. The number of terminal acetylenes is 2. The number of nitrogens with zero attached hydrogens (tertiary/aromatic N) is 1. The molecule has 0 unspecified atom stereocenters. The van der Waals surface area contributed by atoms with E-state index in [1.54, 1.807) is 0 Å². The van der Waals surface area contributed by atoms with Gasteiger partial charge >= 0.3 is 0 Å². The SMILES string of the molecule is C#CCCCN(CCCC#C)c1ccccc1. The molecule has 0 aliphatic rings. The fourth-order valence-corrected chi connectivity index (χ4v) is 1.75. The van der Waals surface area contributed by atoms with Gasteiger partial charge in [0.15, 0.2) is 0 Å². The van der Waals surface area contributed by atoms with Crippen LogP contribution in [-0.2, 0) is 0 Å². The predicted molar refractivity (Wildman–Crippen MR) is 74.8 cm³/mol. The minimum atomic E-state index is 0.832. The first-order chi connectivity index (χ1) is 8.38. The Bertz CT molecular complexity index is 360. The Kier molecular flexibility index (Phi) is 6.46. The van der Waals surface area contributed by atoms with E-state index in [-0.39, 0.29) is 0 Å². The van der Waals surface area contributed by atoms with Gasteiger partial charge in [-0.15, -0.1) is 24.7 Å². The van der Waals surface area contributed by atoms with Gasteiger partial charge in [0.1, 0.15) is 0 Å². The molecule has 1 rings (SSSR count). The molecule has 0 radical (unpaired) electrons. The van der Waals surface area contributed by atoms with Crippen molar-refractivity contribution in [2.24, 2.45) is 0 Å². The van der Waals surface area contributed by atoms with Gasteiger partial charge in [0.25, 0.3) is 0 Å². The second-order valence-corrected chi connectivity index (χ2v) is 3.94. The van der Waals surface area contributed by atoms with Crippen molar-refractivity contribution < 1.29 is 0 Å². The van der Waals surface area contributed by atoms with Gasteiger partial charge in [0.2, 0.25) is 0 Å². The molecular weight excluding hydrogens is 206 g/mol. The molecule has 0 fully saturated rings. The minimum absolute atomic E-state index is 0.832. The van der Waals surface area contributed by atoms with Crippen molar-refractivity contribution in [1.82, 2.24) is 0 Å². The van der Waals surface area contributed by atoms with E-state index in [9.17, 15) is 0 Å². The van der Waals surface area contributed by atoms with Crippen molar-refractivity contribution in [3.8, 4) is 24.7 Å². The Morgan fingerprint density at radius 1 is 0.882 bits per heavy atom. The summed E-state index contributed by atoms with van der Waals surface area (Å²) < 4.78 is 0. The monoisotopic (exact) mass is 225 g/mol. The number of hydrogen-bond donors (Lipinski definition) is 0. The standard InChI is InChI=1S/C16H19N/c1-3-5-10-14-17(15-11-6-4-2)16-12-8-7-9-13-16/h1-2,7-9,12-13H,5-6,10-11,14-15H2. The molecular formula is C16H19N. The molecule has 0 saturated heterocycles. The molecule has 88 valence electrons. The lowest BCUT2D eigenvalue weighted by molar-refractivity contribution is 0.711. The summed E-state index contributed by atoms with van der Waals surface area (Å²) in [5.74, 6) is 5.37. The van der Waals surface area contributed by atoms with E-state index < -0.39 is 0 Å². The third kappa shape index (κ3) is 5.14. The molecule has 0 heterocycles. The van der Waals surface area contributed by atoms with Crippen LogP contribution in [0, 0.1) is 24.7 Å². The highest BCUT2D eigenvalue weighted by molar-refractivity contribution is 5.45. The first kappa shape index (κ1) is 13.2. The fourth-order valence-electron chi connectivity index (χ4n) is 1.75. The van der Waals surface area contributed by atoms with Crippen molar-refractivity contribution in [1.29, 1.82) is 0 Å². The summed E-state index contributed by atoms with van der Waals surface area (Å²) in [4.78, 5) is 2.36. The van der Waals surface area contributed by atoms with Crippen molar-refractivity contribution in [2.45, 2.75) is 25.7 Å². The van der Waals surface area contributed by atoms with Crippen LogP contribution in [0.5, 0.6) is 0 Å². The highest BCUT2D eigenvalue weighted by atomic mass is 15.1. The molecule has 0 aliphatic heterocycles. The zero-order chi connectivity index (χ0) is 12.3. The fraction of sp³-hybridized carbons (Fsp3) is 0.375. The Hall–Kier alpha value is -1.86. The first-order valence-corrected chi connectivity index (χ1v) is 6.05. The van der Waals surface area contributed by atoms with E-state index in [1.165, 1.54) is 5.69 Å². The van der Waals surface area contributed by atoms with E-state index in [0.29, 0.717) is 0 Å². The summed E-state index contributed by atoms with van der Waals surface area (Å²) in [6.07, 6.45) is 14.3. The average Bonchev–Trinajstić information content (AvgIpc) is 2.38. The van der Waals surface area contributed by atoms with Gasteiger partial charge in [-0.05, 0) is 25.0 Å².